The van der Waals surface area contributed by atoms with E-state index in [4.69, 9.17) is 5.14 Å². The summed E-state index contributed by atoms with van der Waals surface area (Å²) in [6.45, 7) is 5.49. The molecular weight excluding hydrogens is 288 g/mol. The molecule has 21 heavy (non-hydrogen) atoms. The van der Waals surface area contributed by atoms with E-state index in [0.29, 0.717) is 11.1 Å². The maximum atomic E-state index is 12.4. The average molecular weight is 310 g/mol. The van der Waals surface area contributed by atoms with Gasteiger partial charge in [0.15, 0.2) is 0 Å². The van der Waals surface area contributed by atoms with Crippen LogP contribution < -0.4 is 10.5 Å². The zero-order valence-corrected chi connectivity index (χ0v) is 13.5. The van der Waals surface area contributed by atoms with Gasteiger partial charge in [-0.1, -0.05) is 12.8 Å². The first-order valence-corrected chi connectivity index (χ1v) is 8.64. The molecule has 1 aliphatic rings. The fourth-order valence-corrected chi connectivity index (χ4v) is 3.76. The second kappa shape index (κ2) is 5.42. The number of carbonyl (C=O) groups is 1. The van der Waals surface area contributed by atoms with E-state index in [0.717, 1.165) is 31.2 Å². The lowest BCUT2D eigenvalue weighted by Gasteiger charge is -2.25. The Balaban J connectivity index is 2.36. The summed E-state index contributed by atoms with van der Waals surface area (Å²) in [5.41, 5.74) is 1.47. The first-order valence-electron chi connectivity index (χ1n) is 7.09. The number of carbonyl (C=O) groups excluding carboxylic acids is 1. The number of hydrogen-bond donors (Lipinski definition) is 2. The van der Waals surface area contributed by atoms with E-state index >= 15 is 0 Å². The van der Waals surface area contributed by atoms with Crippen molar-refractivity contribution in [3.8, 4) is 0 Å². The molecule has 2 rings (SSSR count). The molecule has 0 unspecified atom stereocenters. The molecule has 1 aliphatic carbocycles. The third-order valence-electron chi connectivity index (χ3n) is 4.31. The number of sulfonamides is 1. The summed E-state index contributed by atoms with van der Waals surface area (Å²) in [5, 5.41) is 8.25. The number of hydrogen-bond acceptors (Lipinski definition) is 3. The van der Waals surface area contributed by atoms with E-state index in [9.17, 15) is 13.2 Å². The van der Waals surface area contributed by atoms with Crippen LogP contribution >= 0.6 is 0 Å². The minimum absolute atomic E-state index is 0.0178. The molecule has 0 aliphatic heterocycles. The molecule has 0 saturated heterocycles. The highest BCUT2D eigenvalue weighted by molar-refractivity contribution is 7.89. The lowest BCUT2D eigenvalue weighted by atomic mass is 9.99. The largest absolute Gasteiger partial charge is 0.347 e. The van der Waals surface area contributed by atoms with Crippen LogP contribution in [0.4, 0.5) is 0 Å². The number of primary sulfonamides is 1. The zero-order chi connectivity index (χ0) is 15.8. The van der Waals surface area contributed by atoms with Crippen LogP contribution in [0.25, 0.3) is 0 Å². The first-order chi connectivity index (χ1) is 9.62. The molecule has 0 aromatic heterocycles. The second-order valence-electron chi connectivity index (χ2n) is 6.18. The summed E-state index contributed by atoms with van der Waals surface area (Å²) in [6.07, 6.45) is 4.11. The quantitative estimate of drug-likeness (QED) is 0.895. The number of nitrogens with two attached hydrogens (primary N) is 1. The minimum atomic E-state index is -3.83. The highest BCUT2D eigenvalue weighted by atomic mass is 32.2. The Bertz CT molecular complexity index is 674. The topological polar surface area (TPSA) is 89.3 Å². The molecule has 1 aromatic carbocycles. The van der Waals surface area contributed by atoms with Gasteiger partial charge in [0.05, 0.1) is 4.90 Å². The third-order valence-corrected chi connectivity index (χ3v) is 5.35. The van der Waals surface area contributed by atoms with E-state index in [2.05, 4.69) is 5.32 Å². The molecule has 0 heterocycles. The molecule has 5 nitrogen and oxygen atoms in total. The summed E-state index contributed by atoms with van der Waals surface area (Å²) in [7, 11) is -3.83. The van der Waals surface area contributed by atoms with Crippen molar-refractivity contribution in [2.24, 2.45) is 5.14 Å². The molecule has 1 fully saturated rings. The number of nitrogens with one attached hydrogen (secondary N) is 1. The highest BCUT2D eigenvalue weighted by Crippen LogP contribution is 2.29. The van der Waals surface area contributed by atoms with E-state index in [1.54, 1.807) is 19.9 Å². The molecule has 116 valence electrons. The number of benzene rings is 1. The van der Waals surface area contributed by atoms with Gasteiger partial charge in [0.2, 0.25) is 10.0 Å². The van der Waals surface area contributed by atoms with Gasteiger partial charge in [-0.2, -0.15) is 0 Å². The highest BCUT2D eigenvalue weighted by Gasteiger charge is 2.30. The standard InChI is InChI=1S/C15H22N2O3S/c1-10-8-12(9-13(11(10)2)21(16,19)20)14(18)17-15(3)6-4-5-7-15/h8-9H,4-7H2,1-3H3,(H,17,18)(H2,16,19,20). The minimum Gasteiger partial charge on any atom is -0.347 e. The number of amides is 1. The van der Waals surface area contributed by atoms with Crippen LogP contribution in [0.3, 0.4) is 0 Å². The molecule has 0 atom stereocenters. The van der Waals surface area contributed by atoms with Gasteiger partial charge in [0.25, 0.3) is 5.91 Å². The Morgan fingerprint density at radius 3 is 2.33 bits per heavy atom. The van der Waals surface area contributed by atoms with Crippen molar-refractivity contribution in [2.45, 2.75) is 56.9 Å². The summed E-state index contributed by atoms with van der Waals surface area (Å²) in [6, 6.07) is 3.07. The molecule has 0 bridgehead atoms. The lowest BCUT2D eigenvalue weighted by Crippen LogP contribution is -2.43. The van der Waals surface area contributed by atoms with Crippen molar-refractivity contribution in [1.29, 1.82) is 0 Å². The maximum Gasteiger partial charge on any atom is 0.251 e. The smallest absolute Gasteiger partial charge is 0.251 e. The van der Waals surface area contributed by atoms with Crippen molar-refractivity contribution < 1.29 is 13.2 Å². The van der Waals surface area contributed by atoms with Crippen molar-refractivity contribution in [3.63, 3.8) is 0 Å². The Hall–Kier alpha value is -1.40. The van der Waals surface area contributed by atoms with Gasteiger partial charge in [0, 0.05) is 11.1 Å². The monoisotopic (exact) mass is 310 g/mol. The van der Waals surface area contributed by atoms with Gasteiger partial charge in [-0.25, -0.2) is 13.6 Å². The van der Waals surface area contributed by atoms with Crippen molar-refractivity contribution in [3.05, 3.63) is 28.8 Å². The van der Waals surface area contributed by atoms with Gasteiger partial charge < -0.3 is 5.32 Å². The Morgan fingerprint density at radius 2 is 1.81 bits per heavy atom. The fraction of sp³-hybridized carbons (Fsp3) is 0.533. The van der Waals surface area contributed by atoms with E-state index < -0.39 is 10.0 Å². The van der Waals surface area contributed by atoms with Gasteiger partial charge in [-0.3, -0.25) is 4.79 Å². The van der Waals surface area contributed by atoms with Crippen LogP contribution in [0, 0.1) is 13.8 Å². The van der Waals surface area contributed by atoms with Crippen LogP contribution in [0.15, 0.2) is 17.0 Å². The van der Waals surface area contributed by atoms with Crippen LogP contribution in [-0.4, -0.2) is 19.9 Å². The molecule has 1 aromatic rings. The van der Waals surface area contributed by atoms with Crippen LogP contribution in [0.1, 0.15) is 54.1 Å². The summed E-state index contributed by atoms with van der Waals surface area (Å²) < 4.78 is 23.3. The zero-order valence-electron chi connectivity index (χ0n) is 12.7. The van der Waals surface area contributed by atoms with E-state index in [1.165, 1.54) is 6.07 Å². The fourth-order valence-electron chi connectivity index (χ4n) is 2.88. The van der Waals surface area contributed by atoms with Crippen molar-refractivity contribution >= 4 is 15.9 Å². The SMILES string of the molecule is Cc1cc(C(=O)NC2(C)CCCC2)cc(S(N)(=O)=O)c1C. The average Bonchev–Trinajstić information content (AvgIpc) is 2.77. The van der Waals surface area contributed by atoms with Crippen LogP contribution in [-0.2, 0) is 10.0 Å². The van der Waals surface area contributed by atoms with Crippen molar-refractivity contribution in [2.75, 3.05) is 0 Å². The molecule has 1 saturated carbocycles. The molecular formula is C15H22N2O3S. The summed E-state index contributed by atoms with van der Waals surface area (Å²) >= 11 is 0. The Kier molecular flexibility index (Phi) is 4.13. The summed E-state index contributed by atoms with van der Waals surface area (Å²) in [4.78, 5) is 12.4. The van der Waals surface area contributed by atoms with Gasteiger partial charge in [-0.15, -0.1) is 0 Å². The van der Waals surface area contributed by atoms with Crippen molar-refractivity contribution in [1.82, 2.24) is 5.32 Å². The Labute approximate surface area is 126 Å². The van der Waals surface area contributed by atoms with E-state index in [1.807, 2.05) is 6.92 Å². The van der Waals surface area contributed by atoms with Crippen LogP contribution in [0.5, 0.6) is 0 Å². The molecule has 3 N–H and O–H groups in total. The predicted molar refractivity (Wildman–Crippen MR) is 81.6 cm³/mol. The molecule has 1 amide bonds. The number of rotatable bonds is 3. The maximum absolute atomic E-state index is 12.4. The summed E-state index contributed by atoms with van der Waals surface area (Å²) in [5.74, 6) is -0.243. The number of aryl methyl sites for hydroxylation is 1. The normalized spacial score (nSPS) is 17.7. The molecule has 6 heteroatoms. The van der Waals surface area contributed by atoms with E-state index in [-0.39, 0.29) is 16.3 Å². The lowest BCUT2D eigenvalue weighted by molar-refractivity contribution is 0.0908. The molecule has 0 spiro atoms. The Morgan fingerprint density at radius 1 is 1.24 bits per heavy atom. The third kappa shape index (κ3) is 3.44. The molecule has 0 radical (unpaired) electrons. The van der Waals surface area contributed by atoms with Gasteiger partial charge in [-0.05, 0) is 56.9 Å². The second-order valence-corrected chi connectivity index (χ2v) is 7.71. The first kappa shape index (κ1) is 16.0. The van der Waals surface area contributed by atoms with Gasteiger partial charge >= 0.3 is 0 Å². The van der Waals surface area contributed by atoms with Crippen LogP contribution in [0.2, 0.25) is 0 Å². The van der Waals surface area contributed by atoms with Gasteiger partial charge in [0.1, 0.15) is 0 Å². The predicted octanol–water partition coefficient (Wildman–Crippen LogP) is 2.01.